The molecule has 1 aliphatic rings. The first-order chi connectivity index (χ1) is 17.5. The summed E-state index contributed by atoms with van der Waals surface area (Å²) in [5.41, 5.74) is 7.10. The number of carboxylic acids is 1. The van der Waals surface area contributed by atoms with Crippen LogP contribution in [0.4, 0.5) is 5.69 Å². The molecular formula is C30H25ClN2O3. The smallest absolute Gasteiger partial charge is 0.335 e. The van der Waals surface area contributed by atoms with Crippen LogP contribution in [0.25, 0.3) is 11.1 Å². The number of aromatic carboxylic acids is 1. The fourth-order valence-corrected chi connectivity index (χ4v) is 4.86. The van der Waals surface area contributed by atoms with Gasteiger partial charge in [0, 0.05) is 24.7 Å². The lowest BCUT2D eigenvalue weighted by molar-refractivity contribution is 0.0696. The summed E-state index contributed by atoms with van der Waals surface area (Å²) in [5, 5.41) is 12.6. The van der Waals surface area contributed by atoms with Crippen LogP contribution in [0.15, 0.2) is 91.0 Å². The lowest BCUT2D eigenvalue weighted by Gasteiger charge is -2.22. The Bertz CT molecular complexity index is 1400. The van der Waals surface area contributed by atoms with E-state index in [4.69, 9.17) is 16.7 Å². The van der Waals surface area contributed by atoms with Gasteiger partial charge < -0.3 is 15.3 Å². The normalized spacial score (nSPS) is 12.3. The maximum atomic E-state index is 13.2. The third kappa shape index (κ3) is 5.11. The van der Waals surface area contributed by atoms with Crippen LogP contribution in [-0.2, 0) is 19.5 Å². The molecule has 2 N–H and O–H groups in total. The Morgan fingerprint density at radius 1 is 0.861 bits per heavy atom. The summed E-state index contributed by atoms with van der Waals surface area (Å²) >= 11 is 6.37. The highest BCUT2D eigenvalue weighted by Gasteiger charge is 2.26. The highest BCUT2D eigenvalue weighted by molar-refractivity contribution is 6.31. The first kappa shape index (κ1) is 23.6. The zero-order valence-corrected chi connectivity index (χ0v) is 20.3. The molecule has 0 bridgehead atoms. The molecule has 0 radical (unpaired) electrons. The minimum Gasteiger partial charge on any atom is -0.478 e. The molecule has 5 nitrogen and oxygen atoms in total. The zero-order valence-electron chi connectivity index (χ0n) is 19.6. The fourth-order valence-electron chi connectivity index (χ4n) is 4.61. The summed E-state index contributed by atoms with van der Waals surface area (Å²) in [5.74, 6) is -1.18. The van der Waals surface area contributed by atoms with Crippen LogP contribution in [0.5, 0.6) is 0 Å². The summed E-state index contributed by atoms with van der Waals surface area (Å²) in [6.45, 7) is 1.80. The van der Waals surface area contributed by atoms with Gasteiger partial charge in [0.1, 0.15) is 0 Å². The standard InChI is InChI=1S/C30H25ClN2O3/c31-26-16-25-14-15-33(19-21-8-10-23(11-9-21)22-4-2-1-3-5-22)28(25)27(17-26)29(34)32-18-20-6-12-24(13-7-20)30(35)36/h1-13,16-17H,14-15,18-19H2,(H,32,34)(H,35,36). The van der Waals surface area contributed by atoms with E-state index in [1.165, 1.54) is 28.8 Å². The molecule has 180 valence electrons. The van der Waals surface area contributed by atoms with E-state index < -0.39 is 5.97 Å². The van der Waals surface area contributed by atoms with Gasteiger partial charge in [-0.1, -0.05) is 78.3 Å². The van der Waals surface area contributed by atoms with Gasteiger partial charge in [0.2, 0.25) is 0 Å². The summed E-state index contributed by atoms with van der Waals surface area (Å²) in [6.07, 6.45) is 0.828. The second kappa shape index (κ2) is 10.3. The van der Waals surface area contributed by atoms with Crippen LogP contribution in [0.2, 0.25) is 5.02 Å². The second-order valence-electron chi connectivity index (χ2n) is 8.88. The quantitative estimate of drug-likeness (QED) is 0.319. The number of nitrogens with zero attached hydrogens (tertiary/aromatic N) is 1. The number of hydrogen-bond acceptors (Lipinski definition) is 3. The minimum atomic E-state index is -0.977. The molecule has 1 aliphatic heterocycles. The van der Waals surface area contributed by atoms with Gasteiger partial charge in [0.05, 0.1) is 16.8 Å². The first-order valence-electron chi connectivity index (χ1n) is 11.8. The van der Waals surface area contributed by atoms with Crippen LogP contribution in [-0.4, -0.2) is 23.5 Å². The van der Waals surface area contributed by atoms with Crippen molar-refractivity contribution in [3.05, 3.63) is 124 Å². The van der Waals surface area contributed by atoms with Crippen LogP contribution in [0, 0.1) is 0 Å². The minimum absolute atomic E-state index is 0.206. The Morgan fingerprint density at radius 3 is 2.22 bits per heavy atom. The summed E-state index contributed by atoms with van der Waals surface area (Å²) in [7, 11) is 0. The highest BCUT2D eigenvalue weighted by Crippen LogP contribution is 2.36. The average Bonchev–Trinajstić information content (AvgIpc) is 3.30. The number of carbonyl (C=O) groups is 2. The predicted molar refractivity (Wildman–Crippen MR) is 143 cm³/mol. The average molecular weight is 497 g/mol. The van der Waals surface area contributed by atoms with Gasteiger partial charge in [-0.3, -0.25) is 4.79 Å². The summed E-state index contributed by atoms with van der Waals surface area (Å²) in [6, 6.07) is 29.0. The van der Waals surface area contributed by atoms with Crippen molar-refractivity contribution in [2.45, 2.75) is 19.5 Å². The van der Waals surface area contributed by atoms with Gasteiger partial charge in [-0.25, -0.2) is 4.79 Å². The van der Waals surface area contributed by atoms with Crippen LogP contribution in [0.3, 0.4) is 0 Å². The van der Waals surface area contributed by atoms with Crippen molar-refractivity contribution in [2.75, 3.05) is 11.4 Å². The monoisotopic (exact) mass is 496 g/mol. The van der Waals surface area contributed by atoms with E-state index in [1.807, 2.05) is 24.3 Å². The van der Waals surface area contributed by atoms with Gasteiger partial charge in [-0.05, 0) is 58.5 Å². The van der Waals surface area contributed by atoms with Crippen LogP contribution < -0.4 is 10.2 Å². The highest BCUT2D eigenvalue weighted by atomic mass is 35.5. The Labute approximate surface area is 215 Å². The lowest BCUT2D eigenvalue weighted by atomic mass is 10.0. The first-order valence-corrected chi connectivity index (χ1v) is 12.2. The van der Waals surface area contributed by atoms with Gasteiger partial charge >= 0.3 is 5.97 Å². The number of benzene rings is 4. The predicted octanol–water partition coefficient (Wildman–Crippen LogP) is 6.20. The van der Waals surface area contributed by atoms with E-state index >= 15 is 0 Å². The van der Waals surface area contributed by atoms with E-state index in [0.717, 1.165) is 29.8 Å². The molecule has 0 unspecified atom stereocenters. The summed E-state index contributed by atoms with van der Waals surface area (Å²) in [4.78, 5) is 26.5. The van der Waals surface area contributed by atoms with Gasteiger partial charge in [-0.15, -0.1) is 0 Å². The molecular weight excluding hydrogens is 472 g/mol. The lowest BCUT2D eigenvalue weighted by Crippen LogP contribution is -2.27. The number of carbonyl (C=O) groups excluding carboxylic acids is 1. The third-order valence-electron chi connectivity index (χ3n) is 6.45. The van der Waals surface area contributed by atoms with Crippen molar-refractivity contribution in [1.82, 2.24) is 5.32 Å². The van der Waals surface area contributed by atoms with Crippen LogP contribution >= 0.6 is 11.6 Å². The maximum absolute atomic E-state index is 13.2. The molecule has 0 atom stereocenters. The molecule has 4 aromatic carbocycles. The van der Waals surface area contributed by atoms with Crippen molar-refractivity contribution < 1.29 is 14.7 Å². The molecule has 1 amide bonds. The second-order valence-corrected chi connectivity index (χ2v) is 9.32. The molecule has 4 aromatic rings. The molecule has 0 aromatic heterocycles. The van der Waals surface area contributed by atoms with Crippen molar-refractivity contribution in [2.24, 2.45) is 0 Å². The number of rotatable bonds is 7. The topological polar surface area (TPSA) is 69.6 Å². The van der Waals surface area contributed by atoms with Crippen LogP contribution in [0.1, 0.15) is 37.4 Å². The van der Waals surface area contributed by atoms with E-state index in [-0.39, 0.29) is 11.5 Å². The molecule has 1 heterocycles. The number of nitrogens with one attached hydrogen (secondary N) is 1. The summed E-state index contributed by atoms with van der Waals surface area (Å²) < 4.78 is 0. The molecule has 36 heavy (non-hydrogen) atoms. The number of anilines is 1. The number of carboxylic acid groups (broad SMARTS) is 1. The molecule has 0 saturated carbocycles. The molecule has 0 saturated heterocycles. The van der Waals surface area contributed by atoms with Crippen molar-refractivity contribution >= 4 is 29.2 Å². The van der Waals surface area contributed by atoms with E-state index in [0.29, 0.717) is 23.7 Å². The van der Waals surface area contributed by atoms with Crippen molar-refractivity contribution in [1.29, 1.82) is 0 Å². The number of fused-ring (bicyclic) bond motifs is 1. The van der Waals surface area contributed by atoms with Gasteiger partial charge in [-0.2, -0.15) is 0 Å². The fraction of sp³-hybridized carbons (Fsp3) is 0.133. The third-order valence-corrected chi connectivity index (χ3v) is 6.67. The largest absolute Gasteiger partial charge is 0.478 e. The zero-order chi connectivity index (χ0) is 25.1. The van der Waals surface area contributed by atoms with Crippen molar-refractivity contribution in [3.8, 4) is 11.1 Å². The molecule has 0 fully saturated rings. The van der Waals surface area contributed by atoms with E-state index in [9.17, 15) is 9.59 Å². The van der Waals surface area contributed by atoms with Crippen molar-refractivity contribution in [3.63, 3.8) is 0 Å². The molecule has 5 rings (SSSR count). The number of hydrogen-bond donors (Lipinski definition) is 2. The number of halogens is 1. The molecule has 0 aliphatic carbocycles. The Balaban J connectivity index is 1.32. The molecule has 0 spiro atoms. The maximum Gasteiger partial charge on any atom is 0.335 e. The Hall–Kier alpha value is -4.09. The van der Waals surface area contributed by atoms with Gasteiger partial charge in [0.15, 0.2) is 0 Å². The Morgan fingerprint density at radius 2 is 1.53 bits per heavy atom. The molecule has 6 heteroatoms. The van der Waals surface area contributed by atoms with Gasteiger partial charge in [0.25, 0.3) is 5.91 Å². The van der Waals surface area contributed by atoms with E-state index in [2.05, 4.69) is 46.6 Å². The van der Waals surface area contributed by atoms with E-state index in [1.54, 1.807) is 18.2 Å². The SMILES string of the molecule is O=C(O)c1ccc(CNC(=O)c2cc(Cl)cc3c2N(Cc2ccc(-c4ccccc4)cc2)CC3)cc1. The Kier molecular flexibility index (Phi) is 6.74. The number of amides is 1.